The third kappa shape index (κ3) is 4.33. The number of carbonyl (C=O) groups is 2. The number of halogens is 1. The summed E-state index contributed by atoms with van der Waals surface area (Å²) in [5, 5.41) is 14.2. The smallest absolute Gasteiger partial charge is 0.404 e. The molecule has 0 aliphatic heterocycles. The van der Waals surface area contributed by atoms with Crippen molar-refractivity contribution in [2.75, 3.05) is 24.1 Å². The first-order valence-electron chi connectivity index (χ1n) is 6.24. The van der Waals surface area contributed by atoms with Crippen molar-refractivity contribution >= 4 is 57.1 Å². The lowest BCUT2D eigenvalue weighted by atomic mass is 10.3. The Morgan fingerprint density at radius 1 is 1.32 bits per heavy atom. The summed E-state index contributed by atoms with van der Waals surface area (Å²) in [7, 11) is 0. The monoisotopic (exact) mass is 360 g/mol. The van der Waals surface area contributed by atoms with Gasteiger partial charge in [-0.2, -0.15) is 0 Å². The topological polar surface area (TPSA) is 117 Å². The van der Waals surface area contributed by atoms with E-state index in [4.69, 9.17) is 22.4 Å². The number of hydrogen-bond acceptors (Lipinski definition) is 7. The van der Waals surface area contributed by atoms with E-state index in [-0.39, 0.29) is 11.6 Å². The van der Waals surface area contributed by atoms with E-state index >= 15 is 0 Å². The molecule has 1 amide bonds. The van der Waals surface area contributed by atoms with E-state index in [9.17, 15) is 9.59 Å². The number of nitrogens with one attached hydrogen (secondary N) is 2. The first-order valence-corrected chi connectivity index (χ1v) is 8.25. The van der Waals surface area contributed by atoms with Gasteiger partial charge in [0.25, 0.3) is 0 Å². The molecule has 0 bridgehead atoms. The van der Waals surface area contributed by atoms with Crippen molar-refractivity contribution in [1.82, 2.24) is 10.3 Å². The molecular formula is C12H13ClN4O3S2. The van der Waals surface area contributed by atoms with Crippen LogP contribution in [0.5, 0.6) is 0 Å². The van der Waals surface area contributed by atoms with Crippen LogP contribution in [0.3, 0.4) is 0 Å². The minimum Gasteiger partial charge on any atom is -0.465 e. The highest BCUT2D eigenvalue weighted by atomic mass is 35.5. The van der Waals surface area contributed by atoms with Crippen LogP contribution < -0.4 is 16.4 Å². The number of nitrogen functional groups attached to an aromatic ring is 1. The molecule has 5 N–H and O–H groups in total. The van der Waals surface area contributed by atoms with Gasteiger partial charge in [0.05, 0.1) is 9.21 Å². The number of nitrogens with two attached hydrogens (primary N) is 1. The average Bonchev–Trinajstić information content (AvgIpc) is 3.04. The van der Waals surface area contributed by atoms with Crippen LogP contribution >= 0.6 is 34.3 Å². The zero-order valence-corrected chi connectivity index (χ0v) is 13.6. The first kappa shape index (κ1) is 16.5. The van der Waals surface area contributed by atoms with Gasteiger partial charge in [-0.05, 0) is 18.6 Å². The molecule has 2 aromatic rings. The summed E-state index contributed by atoms with van der Waals surface area (Å²) in [5.74, 6) is -0.0295. The Morgan fingerprint density at radius 3 is 2.73 bits per heavy atom. The summed E-state index contributed by atoms with van der Waals surface area (Å²) in [5.41, 5.74) is 5.78. The second kappa shape index (κ2) is 7.43. The van der Waals surface area contributed by atoms with Crippen molar-refractivity contribution in [3.8, 4) is 0 Å². The predicted molar refractivity (Wildman–Crippen MR) is 88.4 cm³/mol. The lowest BCUT2D eigenvalue weighted by Gasteiger charge is -2.02. The van der Waals surface area contributed by atoms with Gasteiger partial charge in [0.1, 0.15) is 10.7 Å². The number of hydrogen-bond donors (Lipinski definition) is 4. The Balaban J connectivity index is 1.93. The minimum absolute atomic E-state index is 0.172. The molecule has 0 saturated heterocycles. The van der Waals surface area contributed by atoms with E-state index in [1.807, 2.05) is 0 Å². The van der Waals surface area contributed by atoms with Crippen molar-refractivity contribution in [1.29, 1.82) is 0 Å². The lowest BCUT2D eigenvalue weighted by Crippen LogP contribution is -2.23. The quantitative estimate of drug-likeness (QED) is 0.445. The van der Waals surface area contributed by atoms with E-state index in [1.54, 1.807) is 12.1 Å². The number of ketones is 1. The van der Waals surface area contributed by atoms with Crippen LogP contribution in [-0.2, 0) is 0 Å². The highest BCUT2D eigenvalue weighted by Crippen LogP contribution is 2.30. The zero-order valence-electron chi connectivity index (χ0n) is 11.3. The summed E-state index contributed by atoms with van der Waals surface area (Å²) in [6, 6.07) is 3.31. The summed E-state index contributed by atoms with van der Waals surface area (Å²) >= 11 is 8.18. The number of carbonyl (C=O) groups excluding carboxylic acids is 1. The molecule has 0 fully saturated rings. The van der Waals surface area contributed by atoms with Crippen molar-refractivity contribution in [3.63, 3.8) is 0 Å². The Hall–Kier alpha value is -1.84. The van der Waals surface area contributed by atoms with Crippen LogP contribution in [0, 0.1) is 0 Å². The molecule has 7 nitrogen and oxygen atoms in total. The number of rotatable bonds is 7. The largest absolute Gasteiger partial charge is 0.465 e. The highest BCUT2D eigenvalue weighted by Gasteiger charge is 2.19. The second-order valence-electron chi connectivity index (χ2n) is 4.18. The Kier molecular flexibility index (Phi) is 5.58. The van der Waals surface area contributed by atoms with Crippen molar-refractivity contribution in [2.24, 2.45) is 0 Å². The molecule has 2 heterocycles. The van der Waals surface area contributed by atoms with Crippen LogP contribution in [0.25, 0.3) is 0 Å². The predicted octanol–water partition coefficient (Wildman–Crippen LogP) is 2.74. The molecule has 0 unspecified atom stereocenters. The summed E-state index contributed by atoms with van der Waals surface area (Å²) in [6.07, 6.45) is -0.462. The maximum Gasteiger partial charge on any atom is 0.404 e. The lowest BCUT2D eigenvalue weighted by molar-refractivity contribution is 0.104. The van der Waals surface area contributed by atoms with Crippen molar-refractivity contribution < 1.29 is 14.7 Å². The van der Waals surface area contributed by atoms with Gasteiger partial charge in [-0.3, -0.25) is 4.79 Å². The molecular weight excluding hydrogens is 348 g/mol. The molecule has 0 aromatic carbocycles. The summed E-state index contributed by atoms with van der Waals surface area (Å²) < 4.78 is 0.538. The highest BCUT2D eigenvalue weighted by molar-refractivity contribution is 7.21. The first-order chi connectivity index (χ1) is 10.5. The Bertz CT molecular complexity index is 686. The van der Waals surface area contributed by atoms with Gasteiger partial charge >= 0.3 is 6.09 Å². The third-order valence-corrected chi connectivity index (χ3v) is 4.82. The molecule has 0 saturated carbocycles. The molecule has 0 spiro atoms. The van der Waals surface area contributed by atoms with Gasteiger partial charge in [0.15, 0.2) is 5.13 Å². The molecule has 118 valence electrons. The third-order valence-electron chi connectivity index (χ3n) is 2.56. The normalized spacial score (nSPS) is 10.4. The van der Waals surface area contributed by atoms with Gasteiger partial charge in [0.2, 0.25) is 5.78 Å². The van der Waals surface area contributed by atoms with Crippen LogP contribution in [0.1, 0.15) is 21.0 Å². The Morgan fingerprint density at radius 2 is 2.09 bits per heavy atom. The van der Waals surface area contributed by atoms with E-state index in [0.717, 1.165) is 0 Å². The maximum absolute atomic E-state index is 12.3. The molecule has 10 heteroatoms. The van der Waals surface area contributed by atoms with Gasteiger partial charge < -0.3 is 21.5 Å². The summed E-state index contributed by atoms with van der Waals surface area (Å²) in [4.78, 5) is 27.5. The number of nitrogens with zero attached hydrogens (tertiary/aromatic N) is 1. The second-order valence-corrected chi connectivity index (χ2v) is 6.89. The van der Waals surface area contributed by atoms with Crippen molar-refractivity contribution in [3.05, 3.63) is 26.2 Å². The molecule has 22 heavy (non-hydrogen) atoms. The molecule has 2 rings (SSSR count). The average molecular weight is 361 g/mol. The molecule has 0 radical (unpaired) electrons. The van der Waals surface area contributed by atoms with Gasteiger partial charge in [0, 0.05) is 13.1 Å². The minimum atomic E-state index is -1.05. The number of anilines is 2. The fraction of sp³-hybridized carbons (Fsp3) is 0.250. The zero-order chi connectivity index (χ0) is 16.1. The fourth-order valence-corrected chi connectivity index (χ4v) is 3.52. The van der Waals surface area contributed by atoms with Crippen LogP contribution in [0.4, 0.5) is 15.7 Å². The van der Waals surface area contributed by atoms with Crippen LogP contribution in [0.2, 0.25) is 4.34 Å². The molecule has 0 aliphatic carbocycles. The SMILES string of the molecule is Nc1nc(NCCCNC(=O)O)sc1C(=O)c1ccc(Cl)s1. The van der Waals surface area contributed by atoms with E-state index < -0.39 is 6.09 Å². The van der Waals surface area contributed by atoms with E-state index in [2.05, 4.69) is 15.6 Å². The molecule has 0 aliphatic rings. The maximum atomic E-state index is 12.3. The summed E-state index contributed by atoms with van der Waals surface area (Å²) in [6.45, 7) is 0.856. The number of carboxylic acid groups (broad SMARTS) is 1. The number of thiophene rings is 1. The number of thiazole rings is 1. The fourth-order valence-electron chi connectivity index (χ4n) is 1.60. The van der Waals surface area contributed by atoms with Crippen molar-refractivity contribution in [2.45, 2.75) is 6.42 Å². The standard InChI is InChI=1S/C12H13ClN4O3S2/c13-7-3-2-6(21-7)8(18)9-10(14)17-11(22-9)15-4-1-5-16-12(19)20/h2-3,16H,1,4-5,14H2,(H,15,17)(H,19,20). The number of aromatic nitrogens is 1. The molecule has 2 aromatic heterocycles. The number of amides is 1. The van der Waals surface area contributed by atoms with Gasteiger partial charge in [-0.25, -0.2) is 9.78 Å². The van der Waals surface area contributed by atoms with E-state index in [1.165, 1.54) is 22.7 Å². The Labute approximate surface area is 139 Å². The van der Waals surface area contributed by atoms with Crippen LogP contribution in [-0.4, -0.2) is 35.1 Å². The van der Waals surface area contributed by atoms with Crippen LogP contribution in [0.15, 0.2) is 12.1 Å². The molecule has 0 atom stereocenters. The van der Waals surface area contributed by atoms with Gasteiger partial charge in [-0.1, -0.05) is 22.9 Å². The van der Waals surface area contributed by atoms with E-state index in [0.29, 0.717) is 38.7 Å². The van der Waals surface area contributed by atoms with Gasteiger partial charge in [-0.15, -0.1) is 11.3 Å².